The number of nitrogens with one attached hydrogen (secondary N) is 1. The summed E-state index contributed by atoms with van der Waals surface area (Å²) in [7, 11) is 0. The van der Waals surface area contributed by atoms with Crippen LogP contribution in [-0.2, 0) is 16.2 Å². The number of halogens is 2. The number of para-hydroxylation sites is 1. The van der Waals surface area contributed by atoms with E-state index in [0.29, 0.717) is 16.3 Å². The van der Waals surface area contributed by atoms with E-state index in [1.165, 1.54) is 42.5 Å². The maximum atomic E-state index is 13.1. The van der Waals surface area contributed by atoms with Gasteiger partial charge >= 0.3 is 6.03 Å². The highest BCUT2D eigenvalue weighted by Gasteiger charge is 2.36. The molecular formula is C24H16ClFN2O4. The quantitative estimate of drug-likeness (QED) is 0.450. The molecule has 3 aromatic carbocycles. The molecule has 32 heavy (non-hydrogen) atoms. The Balaban J connectivity index is 1.62. The van der Waals surface area contributed by atoms with E-state index in [2.05, 4.69) is 5.32 Å². The molecule has 0 spiro atoms. The molecule has 0 atom stereocenters. The Bertz CT molecular complexity index is 1220. The minimum absolute atomic E-state index is 0.163. The molecule has 4 rings (SSSR count). The van der Waals surface area contributed by atoms with Gasteiger partial charge in [0.25, 0.3) is 11.8 Å². The zero-order valence-electron chi connectivity index (χ0n) is 16.5. The van der Waals surface area contributed by atoms with Gasteiger partial charge in [-0.3, -0.25) is 14.9 Å². The maximum Gasteiger partial charge on any atom is 0.335 e. The van der Waals surface area contributed by atoms with Crippen molar-refractivity contribution in [2.75, 3.05) is 4.90 Å². The fourth-order valence-electron chi connectivity index (χ4n) is 3.11. The first kappa shape index (κ1) is 21.3. The van der Waals surface area contributed by atoms with Gasteiger partial charge in [-0.05, 0) is 54.1 Å². The summed E-state index contributed by atoms with van der Waals surface area (Å²) in [6.45, 7) is 0.163. The molecule has 1 aliphatic heterocycles. The molecule has 1 heterocycles. The van der Waals surface area contributed by atoms with Crippen LogP contribution in [0.1, 0.15) is 11.1 Å². The number of benzene rings is 3. The molecule has 0 aliphatic carbocycles. The van der Waals surface area contributed by atoms with E-state index >= 15 is 0 Å². The Kier molecular flexibility index (Phi) is 6.00. The Morgan fingerprint density at radius 1 is 0.938 bits per heavy atom. The summed E-state index contributed by atoms with van der Waals surface area (Å²) in [5.41, 5.74) is 1.27. The van der Waals surface area contributed by atoms with E-state index in [0.717, 1.165) is 10.5 Å². The minimum Gasteiger partial charge on any atom is -0.488 e. The first-order valence-electron chi connectivity index (χ1n) is 9.55. The topological polar surface area (TPSA) is 75.7 Å². The van der Waals surface area contributed by atoms with Crippen LogP contribution in [0.2, 0.25) is 5.02 Å². The molecule has 4 amide bonds. The third kappa shape index (κ3) is 4.53. The van der Waals surface area contributed by atoms with Crippen LogP contribution in [0.3, 0.4) is 0 Å². The van der Waals surface area contributed by atoms with E-state index < -0.39 is 17.8 Å². The van der Waals surface area contributed by atoms with Crippen LogP contribution in [0.15, 0.2) is 78.4 Å². The van der Waals surface area contributed by atoms with Crippen molar-refractivity contribution in [1.29, 1.82) is 0 Å². The number of hydrogen-bond donors (Lipinski definition) is 1. The normalized spacial score (nSPS) is 15.1. The molecule has 0 bridgehead atoms. The molecule has 1 fully saturated rings. The van der Waals surface area contributed by atoms with Crippen molar-refractivity contribution < 1.29 is 23.5 Å². The number of nitrogens with zero attached hydrogens (tertiary/aromatic N) is 1. The van der Waals surface area contributed by atoms with Crippen LogP contribution in [0.25, 0.3) is 6.08 Å². The Morgan fingerprint density at radius 2 is 1.62 bits per heavy atom. The van der Waals surface area contributed by atoms with Gasteiger partial charge in [-0.25, -0.2) is 14.1 Å². The van der Waals surface area contributed by atoms with Crippen molar-refractivity contribution in [3.8, 4) is 5.75 Å². The molecule has 8 heteroatoms. The summed E-state index contributed by atoms with van der Waals surface area (Å²) in [6.07, 6.45) is 1.37. The standard InChI is InChI=1S/C24H16ClFN2O4/c25-17-7-11-19(12-8-17)28-23(30)20(22(29)27-24(28)31)13-16-3-1-2-4-21(16)32-14-15-5-9-18(26)10-6-15/h1-13H,14H2,(H,27,29,31)/b20-13+. The van der Waals surface area contributed by atoms with Crippen molar-refractivity contribution in [3.63, 3.8) is 0 Å². The van der Waals surface area contributed by atoms with Gasteiger partial charge in [0.2, 0.25) is 0 Å². The lowest BCUT2D eigenvalue weighted by Gasteiger charge is -2.26. The summed E-state index contributed by atoms with van der Waals surface area (Å²) >= 11 is 5.88. The number of amides is 4. The van der Waals surface area contributed by atoms with E-state index in [1.54, 1.807) is 36.4 Å². The molecule has 1 aliphatic rings. The highest BCUT2D eigenvalue weighted by molar-refractivity contribution is 6.39. The highest BCUT2D eigenvalue weighted by atomic mass is 35.5. The number of hydrogen-bond acceptors (Lipinski definition) is 4. The average molecular weight is 451 g/mol. The van der Waals surface area contributed by atoms with Crippen LogP contribution in [-0.4, -0.2) is 17.8 Å². The molecule has 0 saturated carbocycles. The first-order valence-corrected chi connectivity index (χ1v) is 9.93. The van der Waals surface area contributed by atoms with Crippen molar-refractivity contribution in [2.24, 2.45) is 0 Å². The van der Waals surface area contributed by atoms with Crippen LogP contribution >= 0.6 is 11.6 Å². The number of carbonyl (C=O) groups excluding carboxylic acids is 3. The van der Waals surface area contributed by atoms with Gasteiger partial charge in [0.1, 0.15) is 23.7 Å². The number of barbiturate groups is 1. The summed E-state index contributed by atoms with van der Waals surface area (Å²) in [6, 6.07) is 17.9. The molecule has 160 valence electrons. The fourth-order valence-corrected chi connectivity index (χ4v) is 3.24. The van der Waals surface area contributed by atoms with Crippen LogP contribution < -0.4 is 15.0 Å². The summed E-state index contributed by atoms with van der Waals surface area (Å²) in [5, 5.41) is 2.62. The summed E-state index contributed by atoms with van der Waals surface area (Å²) in [5.74, 6) is -1.51. The molecule has 1 saturated heterocycles. The van der Waals surface area contributed by atoms with Gasteiger partial charge in [-0.15, -0.1) is 0 Å². The average Bonchev–Trinajstić information content (AvgIpc) is 2.78. The SMILES string of the molecule is O=C1NC(=O)N(c2ccc(Cl)cc2)C(=O)/C1=C/c1ccccc1OCc1ccc(F)cc1. The number of ether oxygens (including phenoxy) is 1. The number of anilines is 1. The number of imide groups is 2. The summed E-state index contributed by atoms with van der Waals surface area (Å²) < 4.78 is 18.9. The fraction of sp³-hybridized carbons (Fsp3) is 0.0417. The monoisotopic (exact) mass is 450 g/mol. The van der Waals surface area contributed by atoms with E-state index in [9.17, 15) is 18.8 Å². The largest absolute Gasteiger partial charge is 0.488 e. The molecule has 0 unspecified atom stereocenters. The van der Waals surface area contributed by atoms with Gasteiger partial charge in [0, 0.05) is 10.6 Å². The van der Waals surface area contributed by atoms with E-state index in [1.807, 2.05) is 0 Å². The molecule has 6 nitrogen and oxygen atoms in total. The van der Waals surface area contributed by atoms with Crippen molar-refractivity contribution in [1.82, 2.24) is 5.32 Å². The first-order chi connectivity index (χ1) is 15.4. The lowest BCUT2D eigenvalue weighted by molar-refractivity contribution is -0.122. The third-order valence-corrected chi connectivity index (χ3v) is 4.96. The van der Waals surface area contributed by atoms with E-state index in [-0.39, 0.29) is 23.7 Å². The Morgan fingerprint density at radius 3 is 2.34 bits per heavy atom. The van der Waals surface area contributed by atoms with Gasteiger partial charge in [0.05, 0.1) is 5.69 Å². The molecular weight excluding hydrogens is 435 g/mol. The molecule has 1 N–H and O–H groups in total. The van der Waals surface area contributed by atoms with Crippen molar-refractivity contribution >= 4 is 41.2 Å². The lowest BCUT2D eigenvalue weighted by Crippen LogP contribution is -2.54. The Labute approximate surface area is 187 Å². The van der Waals surface area contributed by atoms with Gasteiger partial charge in [-0.1, -0.05) is 41.9 Å². The third-order valence-electron chi connectivity index (χ3n) is 4.71. The van der Waals surface area contributed by atoms with Crippen molar-refractivity contribution in [2.45, 2.75) is 6.61 Å². The van der Waals surface area contributed by atoms with Crippen LogP contribution in [0.5, 0.6) is 5.75 Å². The zero-order chi connectivity index (χ0) is 22.7. The Hall–Kier alpha value is -3.97. The second-order valence-electron chi connectivity index (χ2n) is 6.89. The molecule has 0 aromatic heterocycles. The predicted octanol–water partition coefficient (Wildman–Crippen LogP) is 4.72. The van der Waals surface area contributed by atoms with Gasteiger partial charge in [-0.2, -0.15) is 0 Å². The van der Waals surface area contributed by atoms with Crippen LogP contribution in [0.4, 0.5) is 14.9 Å². The van der Waals surface area contributed by atoms with Crippen molar-refractivity contribution in [3.05, 3.63) is 100 Å². The molecule has 3 aromatic rings. The number of urea groups is 1. The summed E-state index contributed by atoms with van der Waals surface area (Å²) in [4.78, 5) is 38.6. The maximum absolute atomic E-state index is 13.1. The second kappa shape index (κ2) is 9.03. The van der Waals surface area contributed by atoms with E-state index in [4.69, 9.17) is 16.3 Å². The second-order valence-corrected chi connectivity index (χ2v) is 7.32. The number of rotatable bonds is 5. The van der Waals surface area contributed by atoms with Gasteiger partial charge < -0.3 is 4.74 Å². The molecule has 0 radical (unpaired) electrons. The van der Waals surface area contributed by atoms with Gasteiger partial charge in [0.15, 0.2) is 0 Å². The smallest absolute Gasteiger partial charge is 0.335 e. The minimum atomic E-state index is -0.847. The van der Waals surface area contributed by atoms with Crippen LogP contribution in [0, 0.1) is 5.82 Å². The predicted molar refractivity (Wildman–Crippen MR) is 118 cm³/mol. The zero-order valence-corrected chi connectivity index (χ0v) is 17.3. The highest BCUT2D eigenvalue weighted by Crippen LogP contribution is 2.26. The lowest BCUT2D eigenvalue weighted by atomic mass is 10.1. The number of carbonyl (C=O) groups is 3.